The molecule has 2 aliphatic rings. The van der Waals surface area contributed by atoms with Gasteiger partial charge in [-0.3, -0.25) is 4.79 Å². The third-order valence-electron chi connectivity index (χ3n) is 4.80. The number of aliphatic hydroxyl groups is 4. The molecule has 0 bridgehead atoms. The zero-order chi connectivity index (χ0) is 17.2. The minimum absolute atomic E-state index is 0.0756. The summed E-state index contributed by atoms with van der Waals surface area (Å²) in [5, 5.41) is 38.9. The van der Waals surface area contributed by atoms with Gasteiger partial charge in [-0.15, -0.1) is 0 Å². The van der Waals surface area contributed by atoms with E-state index in [-0.39, 0.29) is 19.1 Å². The average Bonchev–Trinajstić information content (AvgIpc) is 2.88. The first kappa shape index (κ1) is 18.5. The van der Waals surface area contributed by atoms with Crippen molar-refractivity contribution < 1.29 is 34.7 Å². The second kappa shape index (κ2) is 7.38. The molecule has 2 heterocycles. The van der Waals surface area contributed by atoms with Crippen molar-refractivity contribution in [2.45, 2.75) is 50.3 Å². The highest BCUT2D eigenvalue weighted by molar-refractivity contribution is 5.93. The highest BCUT2D eigenvalue weighted by Crippen LogP contribution is 2.42. The maximum atomic E-state index is 12.4. The van der Waals surface area contributed by atoms with E-state index < -0.39 is 42.4 Å². The molecular weight excluding hydrogens is 304 g/mol. The second-order valence-corrected chi connectivity index (χ2v) is 6.55. The molecule has 0 aromatic carbocycles. The van der Waals surface area contributed by atoms with Gasteiger partial charge in [-0.1, -0.05) is 19.1 Å². The van der Waals surface area contributed by atoms with Crippen molar-refractivity contribution >= 4 is 5.78 Å². The van der Waals surface area contributed by atoms with Crippen LogP contribution in [-0.2, 0) is 14.3 Å². The molecule has 0 amide bonds. The Balaban J connectivity index is 2.04. The van der Waals surface area contributed by atoms with Gasteiger partial charge in [-0.25, -0.2) is 0 Å². The van der Waals surface area contributed by atoms with E-state index in [2.05, 4.69) is 6.58 Å². The second-order valence-electron chi connectivity index (χ2n) is 6.55. The third kappa shape index (κ3) is 3.35. The fraction of sp³-hybridized carbons (Fsp3) is 0.812. The van der Waals surface area contributed by atoms with Crippen LogP contribution >= 0.6 is 0 Å². The molecule has 0 radical (unpaired) electrons. The SMILES string of the molecule is C=C(CCC[C@H](C)CO)[C@H]1CO[C@@H]2O[C@H](CO)[C@@H](O)C(=O)[C@]21O. The zero-order valence-corrected chi connectivity index (χ0v) is 13.4. The van der Waals surface area contributed by atoms with E-state index in [0.29, 0.717) is 12.0 Å². The molecule has 6 atom stereocenters. The molecule has 4 N–H and O–H groups in total. The molecule has 0 saturated carbocycles. The summed E-state index contributed by atoms with van der Waals surface area (Å²) in [4.78, 5) is 12.4. The molecule has 7 heteroatoms. The summed E-state index contributed by atoms with van der Waals surface area (Å²) in [6, 6.07) is 0. The van der Waals surface area contributed by atoms with Crippen molar-refractivity contribution in [3.8, 4) is 0 Å². The lowest BCUT2D eigenvalue weighted by atomic mass is 9.76. The first-order chi connectivity index (χ1) is 10.9. The van der Waals surface area contributed by atoms with Gasteiger partial charge in [-0.2, -0.15) is 0 Å². The summed E-state index contributed by atoms with van der Waals surface area (Å²) in [6.45, 7) is 5.55. The molecular formula is C16H26O7. The van der Waals surface area contributed by atoms with Crippen LogP contribution < -0.4 is 0 Å². The largest absolute Gasteiger partial charge is 0.396 e. The van der Waals surface area contributed by atoms with Crippen LogP contribution in [0.2, 0.25) is 0 Å². The van der Waals surface area contributed by atoms with Crippen LogP contribution in [0.3, 0.4) is 0 Å². The number of ether oxygens (including phenoxy) is 2. The van der Waals surface area contributed by atoms with Crippen LogP contribution in [0, 0.1) is 11.8 Å². The number of Topliss-reactive ketones (excluding diaryl/α,β-unsaturated/α-hetero) is 1. The Hall–Kier alpha value is -0.830. The van der Waals surface area contributed by atoms with Crippen LogP contribution in [-0.4, -0.2) is 70.1 Å². The highest BCUT2D eigenvalue weighted by atomic mass is 16.7. The van der Waals surface area contributed by atoms with Crippen molar-refractivity contribution in [1.82, 2.24) is 0 Å². The molecule has 0 aromatic rings. The molecule has 23 heavy (non-hydrogen) atoms. The van der Waals surface area contributed by atoms with Crippen molar-refractivity contribution in [2.24, 2.45) is 11.8 Å². The van der Waals surface area contributed by atoms with Gasteiger partial charge in [-0.05, 0) is 25.2 Å². The van der Waals surface area contributed by atoms with Gasteiger partial charge in [0.05, 0.1) is 13.2 Å². The van der Waals surface area contributed by atoms with E-state index in [1.807, 2.05) is 6.92 Å². The summed E-state index contributed by atoms with van der Waals surface area (Å²) >= 11 is 0. The number of carbonyl (C=O) groups excluding carboxylic acids is 1. The predicted molar refractivity (Wildman–Crippen MR) is 80.4 cm³/mol. The van der Waals surface area contributed by atoms with Crippen LogP contribution in [0.5, 0.6) is 0 Å². The fourth-order valence-corrected chi connectivity index (χ4v) is 3.19. The van der Waals surface area contributed by atoms with Crippen molar-refractivity contribution in [3.05, 3.63) is 12.2 Å². The van der Waals surface area contributed by atoms with Crippen molar-refractivity contribution in [1.29, 1.82) is 0 Å². The van der Waals surface area contributed by atoms with Gasteiger partial charge in [0, 0.05) is 12.5 Å². The summed E-state index contributed by atoms with van der Waals surface area (Å²) in [6.07, 6.45) is -1.72. The molecule has 2 saturated heterocycles. The Morgan fingerprint density at radius 1 is 1.48 bits per heavy atom. The molecule has 0 spiro atoms. The lowest BCUT2D eigenvalue weighted by Crippen LogP contribution is -2.64. The first-order valence-electron chi connectivity index (χ1n) is 7.97. The quantitative estimate of drug-likeness (QED) is 0.459. The summed E-state index contributed by atoms with van der Waals surface area (Å²) in [5.41, 5.74) is -1.31. The van der Waals surface area contributed by atoms with Crippen molar-refractivity contribution in [2.75, 3.05) is 19.8 Å². The molecule has 2 rings (SSSR count). The lowest BCUT2D eigenvalue weighted by Gasteiger charge is -2.41. The Labute approximate surface area is 135 Å². The molecule has 0 aliphatic carbocycles. The highest BCUT2D eigenvalue weighted by Gasteiger charge is 2.63. The van der Waals surface area contributed by atoms with Gasteiger partial charge in [0.15, 0.2) is 11.9 Å². The molecule has 2 fully saturated rings. The van der Waals surface area contributed by atoms with Gasteiger partial charge in [0.1, 0.15) is 12.2 Å². The van der Waals surface area contributed by atoms with Gasteiger partial charge in [0.25, 0.3) is 0 Å². The molecule has 132 valence electrons. The smallest absolute Gasteiger partial charge is 0.201 e. The summed E-state index contributed by atoms with van der Waals surface area (Å²) < 4.78 is 10.7. The lowest BCUT2D eigenvalue weighted by molar-refractivity contribution is -0.259. The van der Waals surface area contributed by atoms with E-state index in [4.69, 9.17) is 19.7 Å². The third-order valence-corrected chi connectivity index (χ3v) is 4.80. The van der Waals surface area contributed by atoms with E-state index in [0.717, 1.165) is 12.8 Å². The standard InChI is InChI=1S/C16H26O7/c1-9(6-17)4-3-5-10(2)11-8-22-15-16(11,21)14(20)13(19)12(7-18)23-15/h9,11-13,15,17-19,21H,2-8H2,1H3/t9-,11+,12+,13+,15+,16-/m0/s1. The summed E-state index contributed by atoms with van der Waals surface area (Å²) in [5.74, 6) is -1.26. The number of fused-ring (bicyclic) bond motifs is 1. The minimum atomic E-state index is -1.97. The maximum Gasteiger partial charge on any atom is 0.201 e. The number of ketones is 1. The van der Waals surface area contributed by atoms with E-state index in [9.17, 15) is 15.0 Å². The number of aliphatic hydroxyl groups excluding tert-OH is 3. The van der Waals surface area contributed by atoms with Gasteiger partial charge in [0.2, 0.25) is 5.78 Å². The van der Waals surface area contributed by atoms with Crippen LogP contribution in [0.25, 0.3) is 0 Å². The Bertz CT molecular complexity index is 452. The maximum absolute atomic E-state index is 12.4. The topological polar surface area (TPSA) is 116 Å². The fourth-order valence-electron chi connectivity index (χ4n) is 3.19. The van der Waals surface area contributed by atoms with Crippen LogP contribution in [0.15, 0.2) is 12.2 Å². The predicted octanol–water partition coefficient (Wildman–Crippen LogP) is -0.634. The number of hydrogen-bond donors (Lipinski definition) is 4. The van der Waals surface area contributed by atoms with Crippen LogP contribution in [0.4, 0.5) is 0 Å². The Morgan fingerprint density at radius 3 is 2.78 bits per heavy atom. The van der Waals surface area contributed by atoms with Gasteiger partial charge >= 0.3 is 0 Å². The van der Waals surface area contributed by atoms with E-state index >= 15 is 0 Å². The number of carbonyl (C=O) groups is 1. The Kier molecular flexibility index (Phi) is 5.94. The van der Waals surface area contributed by atoms with E-state index in [1.165, 1.54) is 0 Å². The van der Waals surface area contributed by atoms with Gasteiger partial charge < -0.3 is 29.9 Å². The van der Waals surface area contributed by atoms with Crippen molar-refractivity contribution in [3.63, 3.8) is 0 Å². The Morgan fingerprint density at radius 2 is 2.17 bits per heavy atom. The number of hydrogen-bond acceptors (Lipinski definition) is 7. The molecule has 7 nitrogen and oxygen atoms in total. The average molecular weight is 330 g/mol. The summed E-state index contributed by atoms with van der Waals surface area (Å²) in [7, 11) is 0. The number of rotatable bonds is 7. The first-order valence-corrected chi connectivity index (χ1v) is 7.97. The molecule has 0 aromatic heterocycles. The molecule has 0 unspecified atom stereocenters. The minimum Gasteiger partial charge on any atom is -0.396 e. The zero-order valence-electron chi connectivity index (χ0n) is 13.4. The normalized spacial score (nSPS) is 38.4. The monoisotopic (exact) mass is 330 g/mol. The van der Waals surface area contributed by atoms with Crippen LogP contribution in [0.1, 0.15) is 26.2 Å². The van der Waals surface area contributed by atoms with E-state index in [1.54, 1.807) is 0 Å². The molecule has 2 aliphatic heterocycles.